The van der Waals surface area contributed by atoms with Gasteiger partial charge in [-0.15, -0.1) is 6.42 Å². The van der Waals surface area contributed by atoms with Crippen molar-refractivity contribution in [3.05, 3.63) is 10.1 Å². The Morgan fingerprint density at radius 1 is 1.56 bits per heavy atom. The van der Waals surface area contributed by atoms with Crippen LogP contribution in [-0.4, -0.2) is 60.2 Å². The third kappa shape index (κ3) is 2.90. The molecule has 0 aliphatic carbocycles. The van der Waals surface area contributed by atoms with E-state index in [0.29, 0.717) is 25.0 Å². The first-order chi connectivity index (χ1) is 8.70. The molecule has 0 bridgehead atoms. The van der Waals surface area contributed by atoms with E-state index in [9.17, 15) is 10.1 Å². The summed E-state index contributed by atoms with van der Waals surface area (Å²) in [6, 6.07) is 0. The van der Waals surface area contributed by atoms with Crippen molar-refractivity contribution in [2.24, 2.45) is 11.0 Å². The maximum Gasteiger partial charge on any atom is 0.274 e. The molecular formula is C11H16N4O3. The van der Waals surface area contributed by atoms with Gasteiger partial charge in [-0.3, -0.25) is 0 Å². The molecule has 0 N–H and O–H groups in total. The molecule has 2 aliphatic heterocycles. The fourth-order valence-electron chi connectivity index (χ4n) is 2.31. The Balaban J connectivity index is 2.04. The SMILES string of the molecule is C#CCN1CCN(CC2CCOC2)C1=N[N+](=O)[O-]. The second kappa shape index (κ2) is 5.69. The molecule has 0 spiro atoms. The van der Waals surface area contributed by atoms with Crippen LogP contribution in [0.1, 0.15) is 6.42 Å². The van der Waals surface area contributed by atoms with E-state index in [1.54, 1.807) is 4.90 Å². The molecule has 0 aromatic heterocycles. The molecule has 2 fully saturated rings. The van der Waals surface area contributed by atoms with E-state index in [0.717, 1.165) is 32.7 Å². The lowest BCUT2D eigenvalue weighted by Crippen LogP contribution is -2.37. The van der Waals surface area contributed by atoms with Gasteiger partial charge in [0.1, 0.15) is 5.10 Å². The number of hydrogen-bond acceptors (Lipinski definition) is 3. The average Bonchev–Trinajstić information content (AvgIpc) is 2.93. The van der Waals surface area contributed by atoms with Crippen LogP contribution in [0, 0.1) is 28.4 Å². The fraction of sp³-hybridized carbons (Fsp3) is 0.727. The predicted molar refractivity (Wildman–Crippen MR) is 65.3 cm³/mol. The molecule has 7 nitrogen and oxygen atoms in total. The van der Waals surface area contributed by atoms with Crippen molar-refractivity contribution in [2.75, 3.05) is 39.4 Å². The molecule has 18 heavy (non-hydrogen) atoms. The number of hydrazone groups is 1. The van der Waals surface area contributed by atoms with Gasteiger partial charge in [0.05, 0.1) is 13.2 Å². The van der Waals surface area contributed by atoms with E-state index in [1.165, 1.54) is 0 Å². The van der Waals surface area contributed by atoms with Crippen LogP contribution in [0.2, 0.25) is 0 Å². The van der Waals surface area contributed by atoms with Crippen LogP contribution in [0.4, 0.5) is 0 Å². The summed E-state index contributed by atoms with van der Waals surface area (Å²) in [4.78, 5) is 14.3. The van der Waals surface area contributed by atoms with Crippen LogP contribution in [-0.2, 0) is 4.74 Å². The largest absolute Gasteiger partial charge is 0.381 e. The van der Waals surface area contributed by atoms with Gasteiger partial charge in [0, 0.05) is 32.2 Å². The molecule has 1 atom stereocenters. The van der Waals surface area contributed by atoms with Gasteiger partial charge in [-0.25, -0.2) is 10.1 Å². The lowest BCUT2D eigenvalue weighted by molar-refractivity contribution is -0.486. The van der Waals surface area contributed by atoms with E-state index in [2.05, 4.69) is 11.0 Å². The number of guanidine groups is 1. The second-order valence-electron chi connectivity index (χ2n) is 4.44. The van der Waals surface area contributed by atoms with E-state index in [-0.39, 0.29) is 0 Å². The summed E-state index contributed by atoms with van der Waals surface area (Å²) in [5.74, 6) is 3.30. The molecule has 0 aromatic rings. The predicted octanol–water partition coefficient (Wildman–Crippen LogP) is -0.179. The first kappa shape index (κ1) is 12.6. The van der Waals surface area contributed by atoms with Crippen molar-refractivity contribution >= 4 is 5.96 Å². The minimum absolute atomic E-state index is 0.352. The van der Waals surface area contributed by atoms with Gasteiger partial charge in [-0.2, -0.15) is 0 Å². The Morgan fingerprint density at radius 2 is 2.33 bits per heavy atom. The van der Waals surface area contributed by atoms with Crippen LogP contribution >= 0.6 is 0 Å². The van der Waals surface area contributed by atoms with Crippen molar-refractivity contribution in [3.8, 4) is 12.3 Å². The second-order valence-corrected chi connectivity index (χ2v) is 4.44. The number of nitrogens with zero attached hydrogens (tertiary/aromatic N) is 4. The normalized spacial score (nSPS) is 25.7. The van der Waals surface area contributed by atoms with Crippen LogP contribution in [0.3, 0.4) is 0 Å². The molecule has 1 unspecified atom stereocenters. The number of hydrogen-bond donors (Lipinski definition) is 0. The Morgan fingerprint density at radius 3 is 2.94 bits per heavy atom. The molecular weight excluding hydrogens is 236 g/mol. The first-order valence-corrected chi connectivity index (χ1v) is 5.95. The molecule has 0 aromatic carbocycles. The molecule has 0 radical (unpaired) electrons. The van der Waals surface area contributed by atoms with Gasteiger partial charge in [-0.05, 0) is 6.42 Å². The van der Waals surface area contributed by atoms with Gasteiger partial charge in [0.15, 0.2) is 5.03 Å². The summed E-state index contributed by atoms with van der Waals surface area (Å²) < 4.78 is 5.31. The Bertz CT molecular complexity index is 384. The van der Waals surface area contributed by atoms with Crippen LogP contribution in [0.15, 0.2) is 5.10 Å². The van der Waals surface area contributed by atoms with Gasteiger partial charge in [-0.1, -0.05) is 5.92 Å². The van der Waals surface area contributed by atoms with Gasteiger partial charge < -0.3 is 14.5 Å². The lowest BCUT2D eigenvalue weighted by Gasteiger charge is -2.21. The number of ether oxygens (including phenoxy) is 1. The zero-order valence-corrected chi connectivity index (χ0v) is 10.1. The van der Waals surface area contributed by atoms with Crippen molar-refractivity contribution in [1.82, 2.24) is 9.80 Å². The average molecular weight is 252 g/mol. The molecule has 0 amide bonds. The quantitative estimate of drug-likeness (QED) is 0.394. The highest BCUT2D eigenvalue weighted by Crippen LogP contribution is 2.17. The van der Waals surface area contributed by atoms with E-state index in [4.69, 9.17) is 11.2 Å². The molecule has 2 saturated heterocycles. The zero-order valence-electron chi connectivity index (χ0n) is 10.1. The topological polar surface area (TPSA) is 71.2 Å². The summed E-state index contributed by atoms with van der Waals surface area (Å²) in [6.45, 7) is 4.00. The Hall–Kier alpha value is -1.81. The van der Waals surface area contributed by atoms with Crippen LogP contribution in [0.5, 0.6) is 0 Å². The summed E-state index contributed by atoms with van der Waals surface area (Å²) >= 11 is 0. The molecule has 2 heterocycles. The van der Waals surface area contributed by atoms with Crippen LogP contribution < -0.4 is 0 Å². The van der Waals surface area contributed by atoms with Crippen molar-refractivity contribution in [3.63, 3.8) is 0 Å². The van der Waals surface area contributed by atoms with Crippen LogP contribution in [0.25, 0.3) is 0 Å². The van der Waals surface area contributed by atoms with Crippen molar-refractivity contribution < 1.29 is 9.77 Å². The number of terminal acetylenes is 1. The highest BCUT2D eigenvalue weighted by atomic mass is 16.7. The molecule has 2 aliphatic rings. The van der Waals surface area contributed by atoms with Crippen molar-refractivity contribution in [2.45, 2.75) is 6.42 Å². The van der Waals surface area contributed by atoms with Crippen molar-refractivity contribution in [1.29, 1.82) is 0 Å². The first-order valence-electron chi connectivity index (χ1n) is 5.95. The van der Waals surface area contributed by atoms with Gasteiger partial charge in [0.25, 0.3) is 5.96 Å². The lowest BCUT2D eigenvalue weighted by atomic mass is 10.1. The molecule has 7 heteroatoms. The minimum Gasteiger partial charge on any atom is -0.381 e. The highest BCUT2D eigenvalue weighted by molar-refractivity contribution is 5.81. The summed E-state index contributed by atoms with van der Waals surface area (Å²) in [5, 5.41) is 13.4. The fourth-order valence-corrected chi connectivity index (χ4v) is 2.31. The Kier molecular flexibility index (Phi) is 3.99. The zero-order chi connectivity index (χ0) is 13.0. The van der Waals surface area contributed by atoms with Gasteiger partial charge >= 0.3 is 0 Å². The third-order valence-corrected chi connectivity index (χ3v) is 3.16. The summed E-state index contributed by atoms with van der Waals surface area (Å²) in [7, 11) is 0. The molecule has 0 saturated carbocycles. The third-order valence-electron chi connectivity index (χ3n) is 3.16. The molecule has 98 valence electrons. The number of rotatable bonds is 4. The van der Waals surface area contributed by atoms with E-state index >= 15 is 0 Å². The number of nitro groups is 1. The minimum atomic E-state index is -0.664. The molecule has 2 rings (SSSR count). The van der Waals surface area contributed by atoms with Gasteiger partial charge in [0.2, 0.25) is 0 Å². The standard InChI is InChI=1S/C11H16N4O3/c1-2-4-13-5-6-14(11(13)12-15(16)17)8-10-3-7-18-9-10/h1,10H,3-9H2. The highest BCUT2D eigenvalue weighted by Gasteiger charge is 2.31. The smallest absolute Gasteiger partial charge is 0.274 e. The monoisotopic (exact) mass is 252 g/mol. The maximum atomic E-state index is 10.6. The van der Waals surface area contributed by atoms with E-state index < -0.39 is 5.03 Å². The van der Waals surface area contributed by atoms with E-state index in [1.807, 2.05) is 4.90 Å². The summed E-state index contributed by atoms with van der Waals surface area (Å²) in [5.41, 5.74) is 0. The Labute approximate surface area is 106 Å². The maximum absolute atomic E-state index is 10.6. The summed E-state index contributed by atoms with van der Waals surface area (Å²) in [6.07, 6.45) is 6.25.